The van der Waals surface area contributed by atoms with Crippen LogP contribution < -0.4 is 10.0 Å². The van der Waals surface area contributed by atoms with Crippen LogP contribution in [0.25, 0.3) is 0 Å². The van der Waals surface area contributed by atoms with Crippen molar-refractivity contribution in [2.24, 2.45) is 5.92 Å². The van der Waals surface area contributed by atoms with Crippen molar-refractivity contribution in [2.75, 3.05) is 26.0 Å². The van der Waals surface area contributed by atoms with Crippen LogP contribution in [0.3, 0.4) is 0 Å². The van der Waals surface area contributed by atoms with Crippen LogP contribution in [0.15, 0.2) is 30.3 Å². The molecule has 4 rings (SSSR count). The van der Waals surface area contributed by atoms with Gasteiger partial charge in [-0.1, -0.05) is 36.8 Å². The third-order valence-corrected chi connectivity index (χ3v) is 8.12. The molecule has 0 spiro atoms. The Morgan fingerprint density at radius 2 is 1.78 bits per heavy atom. The highest BCUT2D eigenvalue weighted by atomic mass is 32.2. The van der Waals surface area contributed by atoms with E-state index in [-0.39, 0.29) is 24.2 Å². The fourth-order valence-corrected chi connectivity index (χ4v) is 6.10. The van der Waals surface area contributed by atoms with Crippen molar-refractivity contribution in [1.29, 1.82) is 0 Å². The normalized spacial score (nSPS) is 29.0. The lowest BCUT2D eigenvalue weighted by molar-refractivity contribution is -0.000733. The van der Waals surface area contributed by atoms with Gasteiger partial charge in [-0.05, 0) is 62.3 Å². The maximum absolute atomic E-state index is 12.8. The number of benzene rings is 1. The second kappa shape index (κ2) is 10.5. The first-order valence-corrected chi connectivity index (χ1v) is 14.0. The van der Waals surface area contributed by atoms with Gasteiger partial charge in [0.15, 0.2) is 0 Å². The fourth-order valence-electron chi connectivity index (χ4n) is 5.28. The standard InChI is InChI=1S/C24H37N3O4S/c1-32(29,30)26-22-14-15-27(24(28)25-16-18-6-5-7-18)23(22)17-31-21-12-10-20(11-13-21)19-8-3-2-4-9-19/h2-4,8-9,18,20-23,26H,5-7,10-17H2,1H3,(H,25,28). The number of urea groups is 1. The summed E-state index contributed by atoms with van der Waals surface area (Å²) in [5.41, 5.74) is 1.40. The number of sulfonamides is 1. The number of nitrogens with zero attached hydrogens (tertiary/aromatic N) is 1. The molecule has 1 saturated heterocycles. The zero-order valence-corrected chi connectivity index (χ0v) is 19.9. The SMILES string of the molecule is CS(=O)(=O)NC1CCN(C(=O)NCC2CCC2)C1COC1CCC(c2ccccc2)CC1. The number of hydrogen-bond donors (Lipinski definition) is 2. The first-order chi connectivity index (χ1) is 15.4. The minimum atomic E-state index is -3.36. The predicted octanol–water partition coefficient (Wildman–Crippen LogP) is 3.23. The lowest BCUT2D eigenvalue weighted by Gasteiger charge is -2.33. The molecule has 2 N–H and O–H groups in total. The van der Waals surface area contributed by atoms with Crippen LogP contribution in [0.2, 0.25) is 0 Å². The van der Waals surface area contributed by atoms with E-state index in [0.717, 1.165) is 25.7 Å². The van der Waals surface area contributed by atoms with Gasteiger partial charge < -0.3 is 15.0 Å². The molecule has 2 atom stereocenters. The average molecular weight is 464 g/mol. The van der Waals surface area contributed by atoms with E-state index >= 15 is 0 Å². The third-order valence-electron chi connectivity index (χ3n) is 7.39. The number of carbonyl (C=O) groups is 1. The van der Waals surface area contributed by atoms with E-state index in [1.807, 2.05) is 0 Å². The Morgan fingerprint density at radius 1 is 1.06 bits per heavy atom. The number of amides is 2. The van der Waals surface area contributed by atoms with Gasteiger partial charge in [-0.25, -0.2) is 17.9 Å². The molecule has 0 aromatic heterocycles. The van der Waals surface area contributed by atoms with Gasteiger partial charge in [0.2, 0.25) is 10.0 Å². The zero-order chi connectivity index (χ0) is 22.6. The second-order valence-electron chi connectivity index (χ2n) is 9.75. The summed E-state index contributed by atoms with van der Waals surface area (Å²) >= 11 is 0. The number of rotatable bonds is 8. The van der Waals surface area contributed by atoms with Crippen molar-refractivity contribution in [3.63, 3.8) is 0 Å². The van der Waals surface area contributed by atoms with Crippen LogP contribution in [-0.4, -0.2) is 63.5 Å². The highest BCUT2D eigenvalue weighted by Gasteiger charge is 2.39. The summed E-state index contributed by atoms with van der Waals surface area (Å²) < 4.78 is 32.8. The van der Waals surface area contributed by atoms with Gasteiger partial charge in [-0.3, -0.25) is 0 Å². The van der Waals surface area contributed by atoms with Crippen LogP contribution in [0.1, 0.15) is 62.8 Å². The van der Waals surface area contributed by atoms with Crippen molar-refractivity contribution >= 4 is 16.1 Å². The van der Waals surface area contributed by atoms with E-state index in [9.17, 15) is 13.2 Å². The molecular weight excluding hydrogens is 426 g/mol. The van der Waals surface area contributed by atoms with Crippen LogP contribution in [0, 0.1) is 5.92 Å². The molecule has 0 radical (unpaired) electrons. The molecule has 2 unspecified atom stereocenters. The Balaban J connectivity index is 1.31. The van der Waals surface area contributed by atoms with Crippen molar-refractivity contribution in [2.45, 2.75) is 75.5 Å². The molecule has 0 bridgehead atoms. The zero-order valence-electron chi connectivity index (χ0n) is 19.0. The van der Waals surface area contributed by atoms with Gasteiger partial charge in [-0.15, -0.1) is 0 Å². The molecule has 3 aliphatic rings. The molecule has 1 aromatic carbocycles. The monoisotopic (exact) mass is 463 g/mol. The highest BCUT2D eigenvalue weighted by molar-refractivity contribution is 7.88. The first kappa shape index (κ1) is 23.5. The maximum atomic E-state index is 12.8. The molecule has 8 heteroatoms. The minimum Gasteiger partial charge on any atom is -0.376 e. The smallest absolute Gasteiger partial charge is 0.317 e. The van der Waals surface area contributed by atoms with E-state index in [0.29, 0.717) is 38.0 Å². The van der Waals surface area contributed by atoms with Crippen molar-refractivity contribution < 1.29 is 17.9 Å². The summed E-state index contributed by atoms with van der Waals surface area (Å²) in [5.74, 6) is 1.16. The summed E-state index contributed by atoms with van der Waals surface area (Å²) in [4.78, 5) is 14.6. The summed E-state index contributed by atoms with van der Waals surface area (Å²) in [6, 6.07) is 9.95. The maximum Gasteiger partial charge on any atom is 0.317 e. The molecule has 2 aliphatic carbocycles. The van der Waals surface area contributed by atoms with Crippen molar-refractivity contribution in [1.82, 2.24) is 14.9 Å². The molecule has 1 aromatic rings. The Bertz CT molecular complexity index is 851. The van der Waals surface area contributed by atoms with Crippen LogP contribution in [0.4, 0.5) is 4.79 Å². The third kappa shape index (κ3) is 6.23. The Morgan fingerprint density at radius 3 is 2.41 bits per heavy atom. The van der Waals surface area contributed by atoms with E-state index in [2.05, 4.69) is 40.4 Å². The number of likely N-dealkylation sites (tertiary alicyclic amines) is 1. The Labute approximate surface area is 192 Å². The minimum absolute atomic E-state index is 0.101. The quantitative estimate of drug-likeness (QED) is 0.620. The molecule has 32 heavy (non-hydrogen) atoms. The molecule has 1 heterocycles. The molecular formula is C24H37N3O4S. The molecule has 2 amide bonds. The number of carbonyl (C=O) groups excluding carboxylic acids is 1. The number of ether oxygens (including phenoxy) is 1. The van der Waals surface area contributed by atoms with Gasteiger partial charge >= 0.3 is 6.03 Å². The Kier molecular flexibility index (Phi) is 7.74. The van der Waals surface area contributed by atoms with Gasteiger partial charge in [0.05, 0.1) is 25.0 Å². The lowest BCUT2D eigenvalue weighted by Crippen LogP contribution is -2.52. The molecule has 3 fully saturated rings. The van der Waals surface area contributed by atoms with E-state index in [1.165, 1.54) is 31.1 Å². The van der Waals surface area contributed by atoms with Crippen LogP contribution >= 0.6 is 0 Å². The van der Waals surface area contributed by atoms with Crippen molar-refractivity contribution in [3.05, 3.63) is 35.9 Å². The topological polar surface area (TPSA) is 87.7 Å². The largest absolute Gasteiger partial charge is 0.376 e. The number of nitrogens with one attached hydrogen (secondary N) is 2. The van der Waals surface area contributed by atoms with E-state index in [1.54, 1.807) is 4.90 Å². The molecule has 1 aliphatic heterocycles. The van der Waals surface area contributed by atoms with Gasteiger partial charge in [0.25, 0.3) is 0 Å². The van der Waals surface area contributed by atoms with Gasteiger partial charge in [0, 0.05) is 19.1 Å². The lowest BCUT2D eigenvalue weighted by atomic mass is 9.83. The summed E-state index contributed by atoms with van der Waals surface area (Å²) in [6.45, 7) is 1.61. The first-order valence-electron chi connectivity index (χ1n) is 12.1. The van der Waals surface area contributed by atoms with Gasteiger partial charge in [-0.2, -0.15) is 0 Å². The molecule has 178 valence electrons. The highest BCUT2D eigenvalue weighted by Crippen LogP contribution is 2.34. The van der Waals surface area contributed by atoms with E-state index in [4.69, 9.17) is 4.74 Å². The second-order valence-corrected chi connectivity index (χ2v) is 11.5. The summed E-state index contributed by atoms with van der Waals surface area (Å²) in [7, 11) is -3.36. The van der Waals surface area contributed by atoms with Crippen LogP contribution in [-0.2, 0) is 14.8 Å². The summed E-state index contributed by atoms with van der Waals surface area (Å²) in [5, 5.41) is 3.06. The molecule has 2 saturated carbocycles. The fraction of sp³-hybridized carbons (Fsp3) is 0.708. The average Bonchev–Trinajstić information content (AvgIpc) is 3.13. The van der Waals surface area contributed by atoms with Crippen molar-refractivity contribution in [3.8, 4) is 0 Å². The Hall–Kier alpha value is -1.64. The molecule has 7 nitrogen and oxygen atoms in total. The van der Waals surface area contributed by atoms with Crippen LogP contribution in [0.5, 0.6) is 0 Å². The predicted molar refractivity (Wildman–Crippen MR) is 125 cm³/mol. The van der Waals surface area contributed by atoms with Gasteiger partial charge in [0.1, 0.15) is 0 Å². The van der Waals surface area contributed by atoms with E-state index < -0.39 is 10.0 Å². The number of hydrogen-bond acceptors (Lipinski definition) is 4. The summed E-state index contributed by atoms with van der Waals surface area (Å²) in [6.07, 6.45) is 9.71.